The third kappa shape index (κ3) is 3.25. The molecule has 0 radical (unpaired) electrons. The predicted octanol–water partition coefficient (Wildman–Crippen LogP) is 5.14. The van der Waals surface area contributed by atoms with E-state index < -0.39 is 0 Å². The number of hydrogen-bond donors (Lipinski definition) is 0. The Hall–Kier alpha value is -1.03. The summed E-state index contributed by atoms with van der Waals surface area (Å²) in [7, 11) is 0. The molecule has 2 heteroatoms. The Balaban J connectivity index is 2.30. The Bertz CT molecular complexity index is 508. The van der Waals surface area contributed by atoms with E-state index in [1.54, 1.807) is 0 Å². The van der Waals surface area contributed by atoms with Gasteiger partial charge in [0.05, 0.1) is 6.61 Å². The Labute approximate surface area is 122 Å². The first-order valence-corrected chi connectivity index (χ1v) is 7.37. The predicted molar refractivity (Wildman–Crippen MR) is 85.0 cm³/mol. The Kier molecular flexibility index (Phi) is 5.05. The zero-order chi connectivity index (χ0) is 12.8. The van der Waals surface area contributed by atoms with E-state index in [4.69, 9.17) is 4.74 Å². The fraction of sp³-hybridized carbons (Fsp3) is 0.250. The van der Waals surface area contributed by atoms with E-state index in [0.717, 1.165) is 25.2 Å². The second kappa shape index (κ2) is 6.78. The maximum atomic E-state index is 5.88. The van der Waals surface area contributed by atoms with Crippen molar-refractivity contribution in [2.45, 2.75) is 19.8 Å². The minimum atomic E-state index is 0.789. The number of ether oxygens (including phenoxy) is 1. The number of para-hydroxylation sites is 1. The van der Waals surface area contributed by atoms with Crippen LogP contribution in [0.1, 0.15) is 19.8 Å². The van der Waals surface area contributed by atoms with Crippen LogP contribution in [0.15, 0.2) is 48.5 Å². The van der Waals surface area contributed by atoms with Crippen LogP contribution < -0.4 is 4.74 Å². The molecule has 0 heterocycles. The van der Waals surface area contributed by atoms with Gasteiger partial charge in [-0.1, -0.05) is 49.7 Å². The molecule has 0 bridgehead atoms. The molecule has 0 saturated heterocycles. The zero-order valence-electron chi connectivity index (χ0n) is 10.5. The summed E-state index contributed by atoms with van der Waals surface area (Å²) in [6, 6.07) is 16.7. The molecule has 2 rings (SSSR count). The molecule has 18 heavy (non-hydrogen) atoms. The maximum absolute atomic E-state index is 5.88. The third-order valence-electron chi connectivity index (χ3n) is 2.81. The summed E-state index contributed by atoms with van der Waals surface area (Å²) in [5, 5.41) is 0. The van der Waals surface area contributed by atoms with Gasteiger partial charge in [0.25, 0.3) is 0 Å². The van der Waals surface area contributed by atoms with Crippen molar-refractivity contribution in [3.05, 3.63) is 52.1 Å². The molecule has 0 aromatic heterocycles. The van der Waals surface area contributed by atoms with Gasteiger partial charge in [-0.25, -0.2) is 0 Å². The summed E-state index contributed by atoms with van der Waals surface area (Å²) < 4.78 is 7.14. The molecule has 0 N–H and O–H groups in total. The number of halogens is 1. The Morgan fingerprint density at radius 3 is 2.33 bits per heavy atom. The van der Waals surface area contributed by atoms with Crippen molar-refractivity contribution in [3.8, 4) is 16.9 Å². The second-order valence-electron chi connectivity index (χ2n) is 4.18. The van der Waals surface area contributed by atoms with Crippen LogP contribution in [0.3, 0.4) is 0 Å². The molecule has 0 fully saturated rings. The number of hydrogen-bond acceptors (Lipinski definition) is 1. The number of rotatable bonds is 5. The van der Waals surface area contributed by atoms with Crippen molar-refractivity contribution in [2.24, 2.45) is 0 Å². The molecule has 94 valence electrons. The highest BCUT2D eigenvalue weighted by Gasteiger charge is 2.08. The van der Waals surface area contributed by atoms with E-state index in [1.165, 1.54) is 14.7 Å². The molecule has 0 saturated carbocycles. The van der Waals surface area contributed by atoms with Crippen molar-refractivity contribution in [3.63, 3.8) is 0 Å². The summed E-state index contributed by atoms with van der Waals surface area (Å²) in [6.07, 6.45) is 2.26. The monoisotopic (exact) mass is 352 g/mol. The van der Waals surface area contributed by atoms with Crippen LogP contribution in [0, 0.1) is 3.57 Å². The first-order chi connectivity index (χ1) is 8.83. The van der Waals surface area contributed by atoms with Gasteiger partial charge >= 0.3 is 0 Å². The smallest absolute Gasteiger partial charge is 0.127 e. The third-order valence-corrected chi connectivity index (χ3v) is 3.75. The van der Waals surface area contributed by atoms with E-state index in [9.17, 15) is 0 Å². The van der Waals surface area contributed by atoms with E-state index in [-0.39, 0.29) is 0 Å². The molecule has 0 unspecified atom stereocenters. The highest BCUT2D eigenvalue weighted by molar-refractivity contribution is 14.1. The average molecular weight is 352 g/mol. The summed E-state index contributed by atoms with van der Waals surface area (Å²) >= 11 is 2.37. The molecular weight excluding hydrogens is 335 g/mol. The minimum Gasteiger partial charge on any atom is -0.493 e. The minimum absolute atomic E-state index is 0.789. The molecule has 2 aromatic rings. The highest BCUT2D eigenvalue weighted by atomic mass is 127. The van der Waals surface area contributed by atoms with E-state index in [2.05, 4.69) is 65.9 Å². The van der Waals surface area contributed by atoms with Gasteiger partial charge in [-0.3, -0.25) is 0 Å². The van der Waals surface area contributed by atoms with Crippen molar-refractivity contribution in [1.29, 1.82) is 0 Å². The van der Waals surface area contributed by atoms with Crippen LogP contribution in [-0.2, 0) is 0 Å². The quantitative estimate of drug-likeness (QED) is 0.535. The Morgan fingerprint density at radius 1 is 0.944 bits per heavy atom. The van der Waals surface area contributed by atoms with Gasteiger partial charge in [-0.05, 0) is 46.7 Å². The van der Waals surface area contributed by atoms with Crippen LogP contribution >= 0.6 is 22.6 Å². The van der Waals surface area contributed by atoms with Gasteiger partial charge in [0, 0.05) is 9.13 Å². The average Bonchev–Trinajstić information content (AvgIpc) is 2.40. The summed E-state index contributed by atoms with van der Waals surface area (Å²) in [5.74, 6) is 0.982. The molecule has 0 aliphatic carbocycles. The van der Waals surface area contributed by atoms with Gasteiger partial charge < -0.3 is 4.74 Å². The molecule has 0 atom stereocenters. The second-order valence-corrected chi connectivity index (χ2v) is 5.34. The largest absolute Gasteiger partial charge is 0.493 e. The first kappa shape index (κ1) is 13.4. The number of unbranched alkanes of at least 4 members (excludes halogenated alkanes) is 1. The summed E-state index contributed by atoms with van der Waals surface area (Å²) in [4.78, 5) is 0. The molecule has 2 aromatic carbocycles. The molecule has 0 spiro atoms. The van der Waals surface area contributed by atoms with E-state index in [1.807, 2.05) is 12.1 Å². The molecule has 0 aliphatic rings. The first-order valence-electron chi connectivity index (χ1n) is 6.29. The fourth-order valence-electron chi connectivity index (χ4n) is 1.82. The summed E-state index contributed by atoms with van der Waals surface area (Å²) in [5.41, 5.74) is 2.42. The number of benzene rings is 2. The topological polar surface area (TPSA) is 9.23 Å². The molecule has 1 nitrogen and oxygen atoms in total. The fourth-order valence-corrected chi connectivity index (χ4v) is 2.50. The van der Waals surface area contributed by atoms with Gasteiger partial charge in [-0.2, -0.15) is 0 Å². The van der Waals surface area contributed by atoms with Crippen LogP contribution in [0.25, 0.3) is 11.1 Å². The van der Waals surface area contributed by atoms with Crippen LogP contribution in [0.2, 0.25) is 0 Å². The van der Waals surface area contributed by atoms with Crippen molar-refractivity contribution in [1.82, 2.24) is 0 Å². The maximum Gasteiger partial charge on any atom is 0.127 e. The van der Waals surface area contributed by atoms with Gasteiger partial charge in [-0.15, -0.1) is 0 Å². The zero-order valence-corrected chi connectivity index (χ0v) is 12.7. The molecule has 0 amide bonds. The lowest BCUT2D eigenvalue weighted by atomic mass is 10.1. The highest BCUT2D eigenvalue weighted by Crippen LogP contribution is 2.32. The van der Waals surface area contributed by atoms with Crippen LogP contribution in [0.5, 0.6) is 5.75 Å². The van der Waals surface area contributed by atoms with Crippen molar-refractivity contribution < 1.29 is 4.74 Å². The molecule has 0 aliphatic heterocycles. The van der Waals surface area contributed by atoms with Crippen molar-refractivity contribution >= 4 is 22.6 Å². The van der Waals surface area contributed by atoms with Gasteiger partial charge in [0.1, 0.15) is 5.75 Å². The molecular formula is C16H17IO. The normalized spacial score (nSPS) is 10.3. The lowest BCUT2D eigenvalue weighted by Gasteiger charge is -2.12. The SMILES string of the molecule is CCCCOc1ccccc1-c1ccccc1I. The van der Waals surface area contributed by atoms with Crippen molar-refractivity contribution in [2.75, 3.05) is 6.61 Å². The summed E-state index contributed by atoms with van der Waals surface area (Å²) in [6.45, 7) is 2.96. The van der Waals surface area contributed by atoms with Crippen LogP contribution in [0.4, 0.5) is 0 Å². The lowest BCUT2D eigenvalue weighted by Crippen LogP contribution is -1.98. The van der Waals surface area contributed by atoms with E-state index in [0.29, 0.717) is 0 Å². The van der Waals surface area contributed by atoms with Crippen LogP contribution in [-0.4, -0.2) is 6.61 Å². The van der Waals surface area contributed by atoms with Gasteiger partial charge in [0.2, 0.25) is 0 Å². The van der Waals surface area contributed by atoms with Gasteiger partial charge in [0.15, 0.2) is 0 Å². The van der Waals surface area contributed by atoms with E-state index >= 15 is 0 Å². The standard InChI is InChI=1S/C16H17IO/c1-2-3-12-18-16-11-7-5-9-14(16)13-8-4-6-10-15(13)17/h4-11H,2-3,12H2,1H3. The Morgan fingerprint density at radius 2 is 1.61 bits per heavy atom. The lowest BCUT2D eigenvalue weighted by molar-refractivity contribution is 0.310.